The largest absolute Gasteiger partial charge is 0.445 e. The smallest absolute Gasteiger partial charge is 0.410 e. The van der Waals surface area contributed by atoms with Crippen molar-refractivity contribution in [3.05, 3.63) is 48.2 Å². The first-order chi connectivity index (χ1) is 14.8. The maximum Gasteiger partial charge on any atom is 0.410 e. The zero-order valence-corrected chi connectivity index (χ0v) is 18.4. The van der Waals surface area contributed by atoms with Crippen molar-refractivity contribution in [2.45, 2.75) is 31.7 Å². The molecule has 1 N–H and O–H groups in total. The number of rotatable bonds is 9. The van der Waals surface area contributed by atoms with Gasteiger partial charge in [0, 0.05) is 19.7 Å². The number of hydrogen-bond donors (Lipinski definition) is 1. The fourth-order valence-electron chi connectivity index (χ4n) is 3.72. The monoisotopic (exact) mass is 452 g/mol. The molecule has 1 saturated heterocycles. The van der Waals surface area contributed by atoms with Crippen molar-refractivity contribution in [2.24, 2.45) is 0 Å². The Bertz CT molecular complexity index is 965. The van der Waals surface area contributed by atoms with Gasteiger partial charge in [-0.15, -0.1) is 0 Å². The van der Waals surface area contributed by atoms with E-state index >= 15 is 0 Å². The lowest BCUT2D eigenvalue weighted by Gasteiger charge is -2.29. The number of likely N-dealkylation sites (N-methyl/N-ethyl adjacent to an activating group) is 1. The summed E-state index contributed by atoms with van der Waals surface area (Å²) in [7, 11) is -1.81. The van der Waals surface area contributed by atoms with E-state index in [9.17, 15) is 18.3 Å². The molecule has 1 aliphatic heterocycles. The second-order valence-corrected chi connectivity index (χ2v) is 9.12. The van der Waals surface area contributed by atoms with Gasteiger partial charge in [0.2, 0.25) is 0 Å². The standard InChI is InChI=1S/C20H28N4O6S/c1-22(19-8-9-21-24(19)10-11-25)13-17-12-18(30-31(2,27)28)14-23(17)20(26)29-15-16-6-4-3-5-7-16/h3-9,17-18,25H,10-15H2,1-2H3/t17-,18+/m0/s1. The van der Waals surface area contributed by atoms with Crippen molar-refractivity contribution in [3.63, 3.8) is 0 Å². The zero-order valence-electron chi connectivity index (χ0n) is 17.6. The van der Waals surface area contributed by atoms with Crippen LogP contribution in [0, 0.1) is 0 Å². The molecule has 1 aliphatic rings. The van der Waals surface area contributed by atoms with Crippen LogP contribution in [0.15, 0.2) is 42.6 Å². The lowest BCUT2D eigenvalue weighted by atomic mass is 10.2. The van der Waals surface area contributed by atoms with Crippen LogP contribution in [0.5, 0.6) is 0 Å². The van der Waals surface area contributed by atoms with Gasteiger partial charge in [0.25, 0.3) is 10.1 Å². The van der Waals surface area contributed by atoms with E-state index in [1.165, 1.54) is 4.90 Å². The third-order valence-corrected chi connectivity index (χ3v) is 5.63. The van der Waals surface area contributed by atoms with Crippen LogP contribution in [0.4, 0.5) is 10.6 Å². The maximum atomic E-state index is 12.8. The van der Waals surface area contributed by atoms with E-state index < -0.39 is 22.3 Å². The van der Waals surface area contributed by atoms with Crippen molar-refractivity contribution < 1.29 is 27.2 Å². The average Bonchev–Trinajstić information content (AvgIpc) is 3.33. The second kappa shape index (κ2) is 10.1. The fraction of sp³-hybridized carbons (Fsp3) is 0.500. The summed E-state index contributed by atoms with van der Waals surface area (Å²) in [6.07, 6.45) is 1.83. The number of ether oxygens (including phenoxy) is 1. The molecule has 2 aromatic rings. The number of amides is 1. The molecule has 0 saturated carbocycles. The molecular weight excluding hydrogens is 424 g/mol. The predicted molar refractivity (Wildman–Crippen MR) is 114 cm³/mol. The van der Waals surface area contributed by atoms with Crippen molar-refractivity contribution >= 4 is 22.0 Å². The van der Waals surface area contributed by atoms with Gasteiger partial charge < -0.3 is 19.6 Å². The SMILES string of the molecule is CN(C[C@@H]1C[C@@H](OS(C)(=O)=O)CN1C(=O)OCc1ccccc1)c1ccnn1CCO. The molecule has 0 unspecified atom stereocenters. The molecule has 1 amide bonds. The van der Waals surface area contributed by atoms with Crippen LogP contribution in [0.1, 0.15) is 12.0 Å². The molecule has 1 aromatic carbocycles. The molecular formula is C20H28N4O6S. The summed E-state index contributed by atoms with van der Waals surface area (Å²) in [5.41, 5.74) is 0.862. The first-order valence-electron chi connectivity index (χ1n) is 9.96. The third kappa shape index (κ3) is 6.42. The lowest BCUT2D eigenvalue weighted by molar-refractivity contribution is 0.0899. The van der Waals surface area contributed by atoms with E-state index in [-0.39, 0.29) is 25.8 Å². The molecule has 10 nitrogen and oxygen atoms in total. The minimum atomic E-state index is -3.66. The molecule has 0 radical (unpaired) electrons. The van der Waals surface area contributed by atoms with Crippen molar-refractivity contribution in [1.29, 1.82) is 0 Å². The zero-order chi connectivity index (χ0) is 22.4. The van der Waals surface area contributed by atoms with Crippen molar-refractivity contribution in [2.75, 3.05) is 37.9 Å². The Morgan fingerprint density at radius 3 is 2.71 bits per heavy atom. The highest BCUT2D eigenvalue weighted by molar-refractivity contribution is 7.86. The van der Waals surface area contributed by atoms with Crippen LogP contribution in [0.2, 0.25) is 0 Å². The van der Waals surface area contributed by atoms with E-state index in [1.807, 2.05) is 48.3 Å². The first kappa shape index (κ1) is 23.0. The van der Waals surface area contributed by atoms with Gasteiger partial charge in [-0.1, -0.05) is 30.3 Å². The minimum absolute atomic E-state index is 0.0475. The summed E-state index contributed by atoms with van der Waals surface area (Å²) in [6.45, 7) is 0.962. The highest BCUT2D eigenvalue weighted by Crippen LogP contribution is 2.25. The summed E-state index contributed by atoms with van der Waals surface area (Å²) >= 11 is 0. The number of benzene rings is 1. The number of aliphatic hydroxyl groups excluding tert-OH is 1. The van der Waals surface area contributed by atoms with E-state index in [0.29, 0.717) is 19.5 Å². The van der Waals surface area contributed by atoms with Crippen molar-refractivity contribution in [3.8, 4) is 0 Å². The van der Waals surface area contributed by atoms with Gasteiger partial charge in [-0.25, -0.2) is 9.48 Å². The number of anilines is 1. The lowest BCUT2D eigenvalue weighted by Crippen LogP contribution is -2.43. The third-order valence-electron chi connectivity index (χ3n) is 5.01. The summed E-state index contributed by atoms with van der Waals surface area (Å²) in [6, 6.07) is 10.8. The van der Waals surface area contributed by atoms with Crippen LogP contribution >= 0.6 is 0 Å². The quantitative estimate of drug-likeness (QED) is 0.562. The molecule has 3 rings (SSSR count). The molecule has 2 atom stereocenters. The predicted octanol–water partition coefficient (Wildman–Crippen LogP) is 1.07. The molecule has 0 bridgehead atoms. The molecule has 1 fully saturated rings. The Morgan fingerprint density at radius 2 is 2.03 bits per heavy atom. The van der Waals surface area contributed by atoms with Gasteiger partial charge in [0.15, 0.2) is 0 Å². The Labute approximate surface area is 182 Å². The van der Waals surface area contributed by atoms with Crippen LogP contribution < -0.4 is 4.90 Å². The normalized spacial score (nSPS) is 18.9. The van der Waals surface area contributed by atoms with Gasteiger partial charge in [-0.05, 0) is 12.0 Å². The Balaban J connectivity index is 1.70. The average molecular weight is 453 g/mol. The number of aromatic nitrogens is 2. The topological polar surface area (TPSA) is 114 Å². The van der Waals surface area contributed by atoms with Gasteiger partial charge in [-0.3, -0.25) is 4.18 Å². The Kier molecular flexibility index (Phi) is 7.52. The summed E-state index contributed by atoms with van der Waals surface area (Å²) in [4.78, 5) is 16.2. The molecule has 0 aliphatic carbocycles. The maximum absolute atomic E-state index is 12.8. The van der Waals surface area contributed by atoms with Crippen molar-refractivity contribution in [1.82, 2.24) is 14.7 Å². The highest BCUT2D eigenvalue weighted by Gasteiger charge is 2.39. The molecule has 170 valence electrons. The van der Waals surface area contributed by atoms with Gasteiger partial charge >= 0.3 is 6.09 Å². The molecule has 1 aromatic heterocycles. The second-order valence-electron chi connectivity index (χ2n) is 7.52. The highest BCUT2D eigenvalue weighted by atomic mass is 32.2. The van der Waals surface area contributed by atoms with Crippen LogP contribution in [-0.4, -0.2) is 79.4 Å². The van der Waals surface area contributed by atoms with E-state index in [4.69, 9.17) is 8.92 Å². The summed E-state index contributed by atoms with van der Waals surface area (Å²) < 4.78 is 35.5. The number of aliphatic hydroxyl groups is 1. The van der Waals surface area contributed by atoms with Gasteiger partial charge in [0.1, 0.15) is 12.4 Å². The molecule has 2 heterocycles. The minimum Gasteiger partial charge on any atom is -0.445 e. The van der Waals surface area contributed by atoms with E-state index in [0.717, 1.165) is 17.6 Å². The summed E-state index contributed by atoms with van der Waals surface area (Å²) in [5.74, 6) is 0.777. The van der Waals surface area contributed by atoms with E-state index in [1.54, 1.807) is 10.9 Å². The first-order valence-corrected chi connectivity index (χ1v) is 11.8. The molecule has 31 heavy (non-hydrogen) atoms. The number of nitrogens with zero attached hydrogens (tertiary/aromatic N) is 4. The van der Waals surface area contributed by atoms with Gasteiger partial charge in [0.05, 0.1) is 44.3 Å². The van der Waals surface area contributed by atoms with Crippen LogP contribution in [-0.2, 0) is 32.2 Å². The van der Waals surface area contributed by atoms with E-state index in [2.05, 4.69) is 5.10 Å². The number of hydrogen-bond acceptors (Lipinski definition) is 8. The Morgan fingerprint density at radius 1 is 1.29 bits per heavy atom. The fourth-order valence-corrected chi connectivity index (χ4v) is 4.35. The molecule has 11 heteroatoms. The number of likely N-dealkylation sites (tertiary alicyclic amines) is 1. The van der Waals surface area contributed by atoms with Gasteiger partial charge in [-0.2, -0.15) is 13.5 Å². The number of carbonyl (C=O) groups is 1. The molecule has 0 spiro atoms. The number of carbonyl (C=O) groups excluding carboxylic acids is 1. The Hall–Kier alpha value is -2.63. The summed E-state index contributed by atoms with van der Waals surface area (Å²) in [5, 5.41) is 13.4. The van der Waals surface area contributed by atoms with Crippen LogP contribution in [0.3, 0.4) is 0 Å². The van der Waals surface area contributed by atoms with Crippen LogP contribution in [0.25, 0.3) is 0 Å².